The molecule has 0 saturated heterocycles. The van der Waals surface area contributed by atoms with E-state index in [9.17, 15) is 9.90 Å². The first-order chi connectivity index (χ1) is 8.99. The molecule has 1 aromatic rings. The van der Waals surface area contributed by atoms with Crippen LogP contribution in [0.3, 0.4) is 0 Å². The lowest BCUT2D eigenvalue weighted by atomic mass is 9.96. The number of aromatic carboxylic acids is 1. The SMILES string of the molecule is CCC(CC)C(O)CNc1cc(C)ncc1C(=O)O. The first-order valence-electron chi connectivity index (χ1n) is 6.61. The van der Waals surface area contributed by atoms with Crippen LogP contribution in [0.4, 0.5) is 5.69 Å². The van der Waals surface area contributed by atoms with Gasteiger partial charge in [-0.1, -0.05) is 26.7 Å². The third-order valence-corrected chi connectivity index (χ3v) is 3.37. The Bertz CT molecular complexity index is 431. The number of aliphatic hydroxyl groups is 1. The Hall–Kier alpha value is -1.62. The average Bonchev–Trinajstić information content (AvgIpc) is 2.37. The molecule has 5 heteroatoms. The monoisotopic (exact) mass is 266 g/mol. The van der Waals surface area contributed by atoms with E-state index < -0.39 is 12.1 Å². The molecule has 1 aromatic heterocycles. The zero-order valence-corrected chi connectivity index (χ0v) is 11.7. The van der Waals surface area contributed by atoms with Crippen LogP contribution in [0.1, 0.15) is 42.7 Å². The lowest BCUT2D eigenvalue weighted by Gasteiger charge is -2.21. The van der Waals surface area contributed by atoms with Gasteiger partial charge in [0.2, 0.25) is 0 Å². The number of pyridine rings is 1. The lowest BCUT2D eigenvalue weighted by Crippen LogP contribution is -2.28. The molecule has 0 aromatic carbocycles. The van der Waals surface area contributed by atoms with Crippen molar-refractivity contribution in [3.63, 3.8) is 0 Å². The van der Waals surface area contributed by atoms with Crippen molar-refractivity contribution in [2.45, 2.75) is 39.7 Å². The van der Waals surface area contributed by atoms with E-state index in [0.717, 1.165) is 18.5 Å². The highest BCUT2D eigenvalue weighted by atomic mass is 16.4. The van der Waals surface area contributed by atoms with Crippen molar-refractivity contribution >= 4 is 11.7 Å². The fourth-order valence-corrected chi connectivity index (χ4v) is 2.09. The highest BCUT2D eigenvalue weighted by Gasteiger charge is 2.17. The van der Waals surface area contributed by atoms with Crippen LogP contribution in [0, 0.1) is 12.8 Å². The molecule has 0 bridgehead atoms. The number of rotatable bonds is 7. The van der Waals surface area contributed by atoms with E-state index in [0.29, 0.717) is 12.2 Å². The third kappa shape index (κ3) is 4.21. The number of anilines is 1. The molecule has 1 rings (SSSR count). The predicted octanol–water partition coefficient (Wildman–Crippen LogP) is 2.30. The van der Waals surface area contributed by atoms with Gasteiger partial charge in [-0.05, 0) is 18.9 Å². The van der Waals surface area contributed by atoms with Crippen LogP contribution in [0.15, 0.2) is 12.3 Å². The Morgan fingerprint density at radius 2 is 2.05 bits per heavy atom. The maximum Gasteiger partial charge on any atom is 0.339 e. The van der Waals surface area contributed by atoms with E-state index in [4.69, 9.17) is 5.11 Å². The van der Waals surface area contributed by atoms with Crippen LogP contribution >= 0.6 is 0 Å². The number of hydrogen-bond acceptors (Lipinski definition) is 4. The molecule has 1 heterocycles. The van der Waals surface area contributed by atoms with Gasteiger partial charge in [0.1, 0.15) is 5.56 Å². The number of aromatic nitrogens is 1. The van der Waals surface area contributed by atoms with Gasteiger partial charge in [-0.2, -0.15) is 0 Å². The number of nitrogens with zero attached hydrogens (tertiary/aromatic N) is 1. The predicted molar refractivity (Wildman–Crippen MR) is 74.5 cm³/mol. The van der Waals surface area contributed by atoms with Crippen LogP contribution in [0.5, 0.6) is 0 Å². The van der Waals surface area contributed by atoms with Gasteiger partial charge < -0.3 is 15.5 Å². The summed E-state index contributed by atoms with van der Waals surface area (Å²) >= 11 is 0. The topological polar surface area (TPSA) is 82.5 Å². The Labute approximate surface area is 113 Å². The van der Waals surface area contributed by atoms with Crippen molar-refractivity contribution in [1.82, 2.24) is 4.98 Å². The minimum absolute atomic E-state index is 0.127. The van der Waals surface area contributed by atoms with Crippen molar-refractivity contribution in [2.24, 2.45) is 5.92 Å². The summed E-state index contributed by atoms with van der Waals surface area (Å²) in [6, 6.07) is 1.68. The number of aryl methyl sites for hydroxylation is 1. The van der Waals surface area contributed by atoms with Crippen LogP contribution < -0.4 is 5.32 Å². The molecule has 0 amide bonds. The van der Waals surface area contributed by atoms with Crippen LogP contribution in [0.2, 0.25) is 0 Å². The first-order valence-corrected chi connectivity index (χ1v) is 6.61. The molecule has 106 valence electrons. The molecule has 0 radical (unpaired) electrons. The summed E-state index contributed by atoms with van der Waals surface area (Å²) in [6.07, 6.45) is 2.66. The largest absolute Gasteiger partial charge is 0.478 e. The van der Waals surface area contributed by atoms with Crippen molar-refractivity contribution in [3.8, 4) is 0 Å². The molecule has 3 N–H and O–H groups in total. The second kappa shape index (κ2) is 7.09. The zero-order valence-electron chi connectivity index (χ0n) is 11.7. The molecule has 19 heavy (non-hydrogen) atoms. The van der Waals surface area contributed by atoms with Gasteiger partial charge >= 0.3 is 5.97 Å². The Morgan fingerprint density at radius 1 is 1.42 bits per heavy atom. The molecule has 0 aliphatic rings. The van der Waals surface area contributed by atoms with Crippen LogP contribution in [-0.2, 0) is 0 Å². The summed E-state index contributed by atoms with van der Waals surface area (Å²) < 4.78 is 0. The summed E-state index contributed by atoms with van der Waals surface area (Å²) in [5.74, 6) is -0.796. The van der Waals surface area contributed by atoms with Gasteiger partial charge in [-0.25, -0.2) is 4.79 Å². The average molecular weight is 266 g/mol. The van der Waals surface area contributed by atoms with E-state index >= 15 is 0 Å². The normalized spacial score (nSPS) is 12.5. The van der Waals surface area contributed by atoms with Gasteiger partial charge in [0, 0.05) is 18.4 Å². The minimum atomic E-state index is -1.02. The minimum Gasteiger partial charge on any atom is -0.478 e. The summed E-state index contributed by atoms with van der Waals surface area (Å²) in [5.41, 5.74) is 1.37. The molecular weight excluding hydrogens is 244 g/mol. The number of carbonyl (C=O) groups is 1. The van der Waals surface area contributed by atoms with Gasteiger partial charge in [0.15, 0.2) is 0 Å². The van der Waals surface area contributed by atoms with Gasteiger partial charge in [-0.3, -0.25) is 4.98 Å². The number of hydrogen-bond donors (Lipinski definition) is 3. The Kier molecular flexibility index (Phi) is 5.76. The summed E-state index contributed by atoms with van der Waals surface area (Å²) in [5, 5.41) is 22.1. The highest BCUT2D eigenvalue weighted by Crippen LogP contribution is 2.18. The van der Waals surface area contributed by atoms with E-state index in [1.165, 1.54) is 6.20 Å². The quantitative estimate of drug-likeness (QED) is 0.705. The standard InChI is InChI=1S/C14H22N2O3/c1-4-10(5-2)13(17)8-16-12-6-9(3)15-7-11(12)14(18)19/h6-7,10,13,17H,4-5,8H2,1-3H3,(H,15,16)(H,18,19). The molecule has 1 unspecified atom stereocenters. The molecular formula is C14H22N2O3. The summed E-state index contributed by atoms with van der Waals surface area (Å²) in [4.78, 5) is 15.1. The zero-order chi connectivity index (χ0) is 14.4. The second-order valence-electron chi connectivity index (χ2n) is 4.70. The molecule has 5 nitrogen and oxygen atoms in total. The molecule has 0 aliphatic carbocycles. The Morgan fingerprint density at radius 3 is 2.58 bits per heavy atom. The summed E-state index contributed by atoms with van der Waals surface area (Å²) in [6.45, 7) is 6.22. The third-order valence-electron chi connectivity index (χ3n) is 3.37. The number of nitrogens with one attached hydrogen (secondary N) is 1. The second-order valence-corrected chi connectivity index (χ2v) is 4.70. The number of carboxylic acid groups (broad SMARTS) is 1. The molecule has 0 saturated carbocycles. The highest BCUT2D eigenvalue weighted by molar-refractivity contribution is 5.93. The molecule has 1 atom stereocenters. The molecule has 0 spiro atoms. The Balaban J connectivity index is 2.76. The van der Waals surface area contributed by atoms with E-state index in [-0.39, 0.29) is 11.5 Å². The first kappa shape index (κ1) is 15.4. The van der Waals surface area contributed by atoms with Crippen molar-refractivity contribution in [2.75, 3.05) is 11.9 Å². The molecule has 0 aliphatic heterocycles. The van der Waals surface area contributed by atoms with E-state index in [1.807, 2.05) is 13.8 Å². The fourth-order valence-electron chi connectivity index (χ4n) is 2.09. The van der Waals surface area contributed by atoms with Gasteiger partial charge in [-0.15, -0.1) is 0 Å². The summed E-state index contributed by atoms with van der Waals surface area (Å²) in [7, 11) is 0. The fraction of sp³-hybridized carbons (Fsp3) is 0.571. The maximum atomic E-state index is 11.1. The maximum absolute atomic E-state index is 11.1. The van der Waals surface area contributed by atoms with E-state index in [1.54, 1.807) is 13.0 Å². The van der Waals surface area contributed by atoms with Gasteiger partial charge in [0.25, 0.3) is 0 Å². The number of aliphatic hydroxyl groups excluding tert-OH is 1. The van der Waals surface area contributed by atoms with Crippen LogP contribution in [0.25, 0.3) is 0 Å². The molecule has 0 fully saturated rings. The van der Waals surface area contributed by atoms with Crippen LogP contribution in [-0.4, -0.2) is 33.8 Å². The lowest BCUT2D eigenvalue weighted by molar-refractivity contribution is 0.0697. The van der Waals surface area contributed by atoms with Crippen molar-refractivity contribution in [3.05, 3.63) is 23.5 Å². The van der Waals surface area contributed by atoms with Crippen molar-refractivity contribution in [1.29, 1.82) is 0 Å². The van der Waals surface area contributed by atoms with E-state index in [2.05, 4.69) is 10.3 Å². The van der Waals surface area contributed by atoms with Gasteiger partial charge in [0.05, 0.1) is 11.8 Å². The smallest absolute Gasteiger partial charge is 0.339 e. The van der Waals surface area contributed by atoms with Crippen molar-refractivity contribution < 1.29 is 15.0 Å². The number of carboxylic acids is 1.